The maximum Gasteiger partial charge on any atom is 0.277 e. The molecule has 32 heavy (non-hydrogen) atoms. The van der Waals surface area contributed by atoms with E-state index in [2.05, 4.69) is 15.4 Å². The number of hydrogen-bond acceptors (Lipinski definition) is 7. The fourth-order valence-electron chi connectivity index (χ4n) is 3.71. The van der Waals surface area contributed by atoms with Gasteiger partial charge in [-0.2, -0.15) is 5.10 Å². The van der Waals surface area contributed by atoms with E-state index in [1.807, 2.05) is 0 Å². The molecule has 3 aromatic rings. The number of nitrogens with zero attached hydrogens (tertiary/aromatic N) is 4. The number of carbonyl (C=O) groups excluding carboxylic acids is 1. The zero-order valence-electron chi connectivity index (χ0n) is 17.2. The van der Waals surface area contributed by atoms with Crippen molar-refractivity contribution >= 4 is 33.8 Å². The number of aromatic nitrogens is 3. The lowest BCUT2D eigenvalue weighted by atomic mass is 10.1. The maximum atomic E-state index is 14.4. The highest BCUT2D eigenvalue weighted by Crippen LogP contribution is 2.34. The number of amides is 1. The Morgan fingerprint density at radius 2 is 2.03 bits per heavy atom. The molecule has 0 aliphatic carbocycles. The van der Waals surface area contributed by atoms with Gasteiger partial charge in [0.25, 0.3) is 5.91 Å². The first-order valence-electron chi connectivity index (χ1n) is 9.95. The van der Waals surface area contributed by atoms with Crippen molar-refractivity contribution < 1.29 is 18.0 Å². The predicted molar refractivity (Wildman–Crippen MR) is 117 cm³/mol. The molecule has 1 aliphatic rings. The van der Waals surface area contributed by atoms with Crippen LogP contribution in [0, 0.1) is 11.6 Å². The van der Waals surface area contributed by atoms with Gasteiger partial charge in [0.15, 0.2) is 11.5 Å². The summed E-state index contributed by atoms with van der Waals surface area (Å²) in [5.41, 5.74) is 11.6. The summed E-state index contributed by atoms with van der Waals surface area (Å²) in [4.78, 5) is 18.7. The zero-order valence-corrected chi connectivity index (χ0v) is 18.0. The molecule has 1 fully saturated rings. The number of halogens is 3. The highest BCUT2D eigenvalue weighted by molar-refractivity contribution is 7.19. The standard InChI is InChI=1S/C20H22F3N7OS/c1-29-20(30-7-3-6-13(24)12(23)9-30)14(8-26-29)27-18(31)16-17(25)32-19(28-16)15-10(21)4-2-5-11(15)22/h2,4-5,8,12-13H,3,6-7,9,24-25H2,1H3,(H,27,31)/t12-,13+/m0/s1. The van der Waals surface area contributed by atoms with Gasteiger partial charge in [-0.05, 0) is 25.0 Å². The molecule has 1 aliphatic heterocycles. The molecule has 12 heteroatoms. The molecule has 8 nitrogen and oxygen atoms in total. The number of nitrogens with two attached hydrogens (primary N) is 2. The number of rotatable bonds is 4. The molecule has 0 unspecified atom stereocenters. The Balaban J connectivity index is 1.60. The molecule has 0 spiro atoms. The molecular weight excluding hydrogens is 443 g/mol. The second kappa shape index (κ2) is 8.79. The quantitative estimate of drug-likeness (QED) is 0.546. The lowest BCUT2D eigenvalue weighted by molar-refractivity contribution is 0.102. The van der Waals surface area contributed by atoms with Crippen molar-refractivity contribution in [2.45, 2.75) is 25.1 Å². The Bertz CT molecular complexity index is 1130. The molecule has 170 valence electrons. The summed E-state index contributed by atoms with van der Waals surface area (Å²) in [5.74, 6) is -1.76. The summed E-state index contributed by atoms with van der Waals surface area (Å²) in [6, 6.07) is 2.89. The predicted octanol–water partition coefficient (Wildman–Crippen LogP) is 2.92. The van der Waals surface area contributed by atoms with Crippen molar-refractivity contribution in [1.82, 2.24) is 14.8 Å². The Morgan fingerprint density at radius 3 is 2.75 bits per heavy atom. The van der Waals surface area contributed by atoms with E-state index in [0.717, 1.165) is 23.5 Å². The maximum absolute atomic E-state index is 14.4. The molecule has 4 rings (SSSR count). The average Bonchev–Trinajstić information content (AvgIpc) is 3.24. The van der Waals surface area contributed by atoms with Crippen LogP contribution in [-0.2, 0) is 7.05 Å². The smallest absolute Gasteiger partial charge is 0.277 e. The van der Waals surface area contributed by atoms with E-state index in [4.69, 9.17) is 11.5 Å². The summed E-state index contributed by atoms with van der Waals surface area (Å²) in [7, 11) is 1.68. The third-order valence-corrected chi connectivity index (χ3v) is 6.23. The molecule has 2 aromatic heterocycles. The number of carbonyl (C=O) groups is 1. The minimum Gasteiger partial charge on any atom is -0.389 e. The number of aryl methyl sites for hydroxylation is 1. The molecule has 1 saturated heterocycles. The largest absolute Gasteiger partial charge is 0.389 e. The Kier molecular flexibility index (Phi) is 6.07. The summed E-state index contributed by atoms with van der Waals surface area (Å²) in [5, 5.41) is 6.82. The normalized spacial score (nSPS) is 19.1. The monoisotopic (exact) mass is 465 g/mol. The Morgan fingerprint density at radius 1 is 1.31 bits per heavy atom. The number of hydrogen-bond donors (Lipinski definition) is 3. The molecule has 0 saturated carbocycles. The lowest BCUT2D eigenvalue weighted by Gasteiger charge is -2.25. The van der Waals surface area contributed by atoms with Crippen molar-refractivity contribution in [2.75, 3.05) is 29.0 Å². The van der Waals surface area contributed by atoms with Crippen molar-refractivity contribution in [3.8, 4) is 10.6 Å². The van der Waals surface area contributed by atoms with Crippen LogP contribution < -0.4 is 21.7 Å². The highest BCUT2D eigenvalue weighted by atomic mass is 32.1. The van der Waals surface area contributed by atoms with Crippen LogP contribution in [0.1, 0.15) is 23.3 Å². The van der Waals surface area contributed by atoms with Crippen LogP contribution in [0.2, 0.25) is 0 Å². The van der Waals surface area contributed by atoms with Gasteiger partial charge in [0.05, 0.1) is 18.3 Å². The van der Waals surface area contributed by atoms with E-state index in [9.17, 15) is 18.0 Å². The topological polar surface area (TPSA) is 115 Å². The van der Waals surface area contributed by atoms with E-state index in [1.54, 1.807) is 11.9 Å². The van der Waals surface area contributed by atoms with Crippen molar-refractivity contribution in [1.29, 1.82) is 0 Å². The molecule has 5 N–H and O–H groups in total. The number of anilines is 3. The van der Waals surface area contributed by atoms with Gasteiger partial charge in [0.1, 0.15) is 33.5 Å². The van der Waals surface area contributed by atoms with Gasteiger partial charge in [0, 0.05) is 19.6 Å². The van der Waals surface area contributed by atoms with Gasteiger partial charge in [0.2, 0.25) is 0 Å². The fraction of sp³-hybridized carbons (Fsp3) is 0.350. The molecule has 0 radical (unpaired) electrons. The first-order valence-corrected chi connectivity index (χ1v) is 10.8. The van der Waals surface area contributed by atoms with Crippen LogP contribution in [0.3, 0.4) is 0 Å². The van der Waals surface area contributed by atoms with Gasteiger partial charge >= 0.3 is 0 Å². The fourth-order valence-corrected chi connectivity index (χ4v) is 4.59. The number of alkyl halides is 1. The van der Waals surface area contributed by atoms with Crippen LogP contribution in [0.5, 0.6) is 0 Å². The molecule has 2 atom stereocenters. The minimum absolute atomic E-state index is 0.00941. The number of nitrogens with one attached hydrogen (secondary N) is 1. The van der Waals surface area contributed by atoms with Crippen molar-refractivity contribution in [3.63, 3.8) is 0 Å². The van der Waals surface area contributed by atoms with Crippen LogP contribution >= 0.6 is 11.3 Å². The van der Waals surface area contributed by atoms with Gasteiger partial charge < -0.3 is 21.7 Å². The molecule has 1 aromatic carbocycles. The summed E-state index contributed by atoms with van der Waals surface area (Å²) < 4.78 is 44.1. The van der Waals surface area contributed by atoms with Crippen molar-refractivity contribution in [2.24, 2.45) is 12.8 Å². The molecular formula is C20H22F3N7OS. The zero-order chi connectivity index (χ0) is 23.0. The van der Waals surface area contributed by atoms with Crippen LogP contribution in [0.4, 0.5) is 29.7 Å². The number of nitrogen functional groups attached to an aromatic ring is 1. The second-order valence-corrected chi connectivity index (χ2v) is 8.59. The highest BCUT2D eigenvalue weighted by Gasteiger charge is 2.28. The van der Waals surface area contributed by atoms with Gasteiger partial charge in [-0.3, -0.25) is 9.48 Å². The van der Waals surface area contributed by atoms with E-state index in [1.165, 1.54) is 16.9 Å². The van der Waals surface area contributed by atoms with Gasteiger partial charge in [-0.15, -0.1) is 0 Å². The Hall–Kier alpha value is -3.12. The van der Waals surface area contributed by atoms with Crippen LogP contribution in [0.25, 0.3) is 10.6 Å². The number of benzene rings is 1. The van der Waals surface area contributed by atoms with E-state index in [-0.39, 0.29) is 27.8 Å². The number of thiazole rings is 1. The van der Waals surface area contributed by atoms with Crippen LogP contribution in [0.15, 0.2) is 24.4 Å². The average molecular weight is 466 g/mol. The minimum atomic E-state index is -1.22. The van der Waals surface area contributed by atoms with E-state index in [0.29, 0.717) is 30.9 Å². The first-order chi connectivity index (χ1) is 15.3. The van der Waals surface area contributed by atoms with Gasteiger partial charge in [-0.25, -0.2) is 18.2 Å². The lowest BCUT2D eigenvalue weighted by Crippen LogP contribution is -2.38. The SMILES string of the molecule is Cn1ncc(NC(=O)c2nc(-c3c(F)cccc3F)sc2N)c1N1CCC[C@@H](N)[C@@H](F)C1. The van der Waals surface area contributed by atoms with Crippen molar-refractivity contribution in [3.05, 3.63) is 41.7 Å². The summed E-state index contributed by atoms with van der Waals surface area (Å²) in [6.07, 6.45) is 1.47. The van der Waals surface area contributed by atoms with E-state index >= 15 is 0 Å². The molecule has 3 heterocycles. The summed E-state index contributed by atoms with van der Waals surface area (Å²) >= 11 is 0.807. The third kappa shape index (κ3) is 4.15. The first kappa shape index (κ1) is 22.1. The Labute approximate surface area is 186 Å². The summed E-state index contributed by atoms with van der Waals surface area (Å²) in [6.45, 7) is 0.616. The molecule has 1 amide bonds. The van der Waals surface area contributed by atoms with Gasteiger partial charge in [-0.1, -0.05) is 17.4 Å². The third-order valence-electron chi connectivity index (χ3n) is 5.33. The molecule has 0 bridgehead atoms. The second-order valence-electron chi connectivity index (χ2n) is 7.56. The van der Waals surface area contributed by atoms with Crippen LogP contribution in [-0.4, -0.2) is 46.0 Å². The van der Waals surface area contributed by atoms with E-state index < -0.39 is 29.8 Å².